The van der Waals surface area contributed by atoms with Crippen LogP contribution in [0.15, 0.2) is 271 Å². The van der Waals surface area contributed by atoms with E-state index in [1.54, 1.807) is 12.1 Å². The van der Waals surface area contributed by atoms with E-state index in [-0.39, 0.29) is 9.79 Å². The normalized spacial score (nSPS) is 12.1. The van der Waals surface area contributed by atoms with Crippen LogP contribution >= 0.6 is 0 Å². The Bertz CT molecular complexity index is 5600. The van der Waals surface area contributed by atoms with Gasteiger partial charge in [-0.15, -0.1) is 0 Å². The van der Waals surface area contributed by atoms with Crippen LogP contribution in [0.1, 0.15) is 30.7 Å². The van der Waals surface area contributed by atoms with E-state index in [1.165, 1.54) is 40.9 Å². The molecule has 5 heterocycles. The number of fused-ring (bicyclic) bond motifs is 13. The number of hydrogen-bond acceptors (Lipinski definition) is 6. The van der Waals surface area contributed by atoms with Gasteiger partial charge in [0.2, 0.25) is 9.84 Å². The third-order valence-corrected chi connectivity index (χ3v) is 19.0. The molecule has 0 aliphatic heterocycles. The standard InChI is InChI=1S/C77H52N8O2S/c1-3-19-64-59(4-2)60-24-11-15-28-65(60)82(64)53-38-40-55(41-39-53)84-67-30-17-13-26-62(67)69-72-70(74-71(73(69)84)63-27-14-18-31-68(63)85(74)56-42-46-58(47-43-56)88(86,87)57-44-32-49(48-78)33-45-57)61-25-12-16-29-66(61)83(72)54-36-34-52(35-37-54)77-80-75(50-20-7-5-8-21-50)79-76(81-77)51-22-9-6-10-23-51/h3,5-47H,4H2,1-2H3/b19-3-. The molecule has 11 aromatic carbocycles. The molecule has 11 heteroatoms. The highest BCUT2D eigenvalue weighted by Gasteiger charge is 2.30. The van der Waals surface area contributed by atoms with Crippen LogP contribution in [0.5, 0.6) is 0 Å². The largest absolute Gasteiger partial charge is 0.310 e. The van der Waals surface area contributed by atoms with E-state index in [0.717, 1.165) is 117 Å². The minimum absolute atomic E-state index is 0.120. The Kier molecular flexibility index (Phi) is 12.2. The lowest BCUT2D eigenvalue weighted by Gasteiger charge is -2.15. The summed E-state index contributed by atoms with van der Waals surface area (Å²) in [4.78, 5) is 15.5. The van der Waals surface area contributed by atoms with Crippen molar-refractivity contribution in [3.63, 3.8) is 0 Å². The molecule has 10 nitrogen and oxygen atoms in total. The molecular weight excluding hydrogens is 1100 g/mol. The van der Waals surface area contributed by atoms with Gasteiger partial charge in [0.05, 0.1) is 60.0 Å². The second kappa shape index (κ2) is 20.7. The molecular formula is C77H52N8O2S. The lowest BCUT2D eigenvalue weighted by atomic mass is 10.0. The molecule has 0 atom stereocenters. The Hall–Kier alpha value is -11.5. The first-order valence-corrected chi connectivity index (χ1v) is 30.9. The predicted octanol–water partition coefficient (Wildman–Crippen LogP) is 18.4. The maximum atomic E-state index is 14.3. The van der Waals surface area contributed by atoms with Gasteiger partial charge in [0.15, 0.2) is 17.5 Å². The lowest BCUT2D eigenvalue weighted by Crippen LogP contribution is -2.03. The summed E-state index contributed by atoms with van der Waals surface area (Å²) in [7, 11) is -3.93. The molecule has 0 unspecified atom stereocenters. The summed E-state index contributed by atoms with van der Waals surface area (Å²) < 4.78 is 38.1. The van der Waals surface area contributed by atoms with Gasteiger partial charge in [-0.1, -0.05) is 146 Å². The van der Waals surface area contributed by atoms with Crippen LogP contribution in [0, 0.1) is 11.3 Å². The second-order valence-corrected chi connectivity index (χ2v) is 24.0. The van der Waals surface area contributed by atoms with Crippen molar-refractivity contribution in [2.45, 2.75) is 30.1 Å². The van der Waals surface area contributed by atoms with Crippen LogP contribution in [0.25, 0.3) is 139 Å². The first-order valence-electron chi connectivity index (χ1n) is 29.4. The Morgan fingerprint density at radius 2 is 0.727 bits per heavy atom. The minimum Gasteiger partial charge on any atom is -0.310 e. The van der Waals surface area contributed by atoms with E-state index >= 15 is 0 Å². The number of para-hydroxylation sites is 4. The molecule has 0 amide bonds. The quantitative estimate of drug-likeness (QED) is 0.127. The van der Waals surface area contributed by atoms with Gasteiger partial charge in [0.1, 0.15) is 0 Å². The molecule has 0 aliphatic carbocycles. The minimum atomic E-state index is -3.93. The maximum Gasteiger partial charge on any atom is 0.206 e. The van der Waals surface area contributed by atoms with Gasteiger partial charge < -0.3 is 18.3 Å². The predicted molar refractivity (Wildman–Crippen MR) is 357 cm³/mol. The van der Waals surface area contributed by atoms with Gasteiger partial charge in [-0.3, -0.25) is 0 Å². The Morgan fingerprint density at radius 1 is 0.398 bits per heavy atom. The fourth-order valence-electron chi connectivity index (χ4n) is 13.3. The Balaban J connectivity index is 0.983. The van der Waals surface area contributed by atoms with Crippen molar-refractivity contribution in [2.24, 2.45) is 0 Å². The Morgan fingerprint density at radius 3 is 1.12 bits per heavy atom. The summed E-state index contributed by atoms with van der Waals surface area (Å²) in [5.41, 5.74) is 16.6. The van der Waals surface area contributed by atoms with Crippen LogP contribution < -0.4 is 0 Å². The highest BCUT2D eigenvalue weighted by atomic mass is 32.2. The molecule has 16 aromatic rings. The molecule has 16 rings (SSSR count). The smallest absolute Gasteiger partial charge is 0.206 e. The molecule has 0 aliphatic rings. The van der Waals surface area contributed by atoms with Crippen LogP contribution in [0.3, 0.4) is 0 Å². The Labute approximate surface area is 507 Å². The van der Waals surface area contributed by atoms with Gasteiger partial charge in [0, 0.05) is 82.8 Å². The molecule has 0 bridgehead atoms. The highest BCUT2D eigenvalue weighted by molar-refractivity contribution is 7.91. The third kappa shape index (κ3) is 8.07. The van der Waals surface area contributed by atoms with Crippen LogP contribution in [0.4, 0.5) is 0 Å². The zero-order valence-electron chi connectivity index (χ0n) is 47.9. The number of aromatic nitrogens is 7. The van der Waals surface area contributed by atoms with Crippen molar-refractivity contribution < 1.29 is 8.42 Å². The second-order valence-electron chi connectivity index (χ2n) is 22.0. The zero-order chi connectivity index (χ0) is 59.2. The third-order valence-electron chi connectivity index (χ3n) is 17.2. The number of nitrogens with zero attached hydrogens (tertiary/aromatic N) is 8. The molecule has 0 saturated carbocycles. The van der Waals surface area contributed by atoms with Crippen molar-refractivity contribution in [1.82, 2.24) is 33.2 Å². The van der Waals surface area contributed by atoms with E-state index in [4.69, 9.17) is 15.0 Å². The number of rotatable bonds is 11. The van der Waals surface area contributed by atoms with Crippen molar-refractivity contribution in [1.29, 1.82) is 5.26 Å². The molecule has 0 N–H and O–H groups in total. The number of nitriles is 1. The van der Waals surface area contributed by atoms with Crippen molar-refractivity contribution in [2.75, 3.05) is 0 Å². The summed E-state index contributed by atoms with van der Waals surface area (Å²) in [6.45, 7) is 4.31. The molecule has 5 aromatic heterocycles. The summed E-state index contributed by atoms with van der Waals surface area (Å²) >= 11 is 0. The lowest BCUT2D eigenvalue weighted by molar-refractivity contribution is 0.596. The van der Waals surface area contributed by atoms with E-state index in [1.807, 2.05) is 72.8 Å². The van der Waals surface area contributed by atoms with Crippen molar-refractivity contribution >= 4 is 92.2 Å². The zero-order valence-corrected chi connectivity index (χ0v) is 48.7. The molecule has 418 valence electrons. The van der Waals surface area contributed by atoms with Gasteiger partial charge >= 0.3 is 0 Å². The number of allylic oxidation sites excluding steroid dienone is 1. The number of sulfone groups is 1. The van der Waals surface area contributed by atoms with Crippen molar-refractivity contribution in [3.05, 3.63) is 278 Å². The van der Waals surface area contributed by atoms with E-state index in [2.05, 4.69) is 196 Å². The van der Waals surface area contributed by atoms with E-state index in [0.29, 0.717) is 23.0 Å². The van der Waals surface area contributed by atoms with Crippen molar-refractivity contribution in [3.8, 4) is 63.0 Å². The fraction of sp³-hybridized carbons (Fsp3) is 0.0390. The fourth-order valence-corrected chi connectivity index (χ4v) is 14.6. The van der Waals surface area contributed by atoms with Gasteiger partial charge in [-0.2, -0.15) is 5.26 Å². The van der Waals surface area contributed by atoms with Crippen LogP contribution in [-0.4, -0.2) is 41.6 Å². The maximum absolute atomic E-state index is 14.3. The van der Waals surface area contributed by atoms with E-state index < -0.39 is 9.84 Å². The first kappa shape index (κ1) is 52.1. The first-order chi connectivity index (χ1) is 43.3. The SMILES string of the molecule is C/C=C\c1c(CC)c2ccccc2n1-c1ccc(-n2c3ccccc3c3c4c(c5ccccc5n4-c4ccc(-c5nc(-c6ccccc6)nc(-c6ccccc6)n5)cc4)c4c(c5ccccc5n4-c4ccc(S(=O)(=O)c5ccc(C#N)cc5)cc4)c32)cc1. The summed E-state index contributed by atoms with van der Waals surface area (Å²) in [6.07, 6.45) is 5.25. The summed E-state index contributed by atoms with van der Waals surface area (Å²) in [6, 6.07) is 87.6. The number of benzene rings is 11. The number of hydrogen-bond donors (Lipinski definition) is 0. The molecule has 0 radical (unpaired) electrons. The van der Waals surface area contributed by atoms with Crippen LogP contribution in [-0.2, 0) is 16.3 Å². The van der Waals surface area contributed by atoms with Gasteiger partial charge in [-0.05, 0) is 146 Å². The van der Waals surface area contributed by atoms with Crippen LogP contribution in [0.2, 0.25) is 0 Å². The molecule has 0 fully saturated rings. The monoisotopic (exact) mass is 1150 g/mol. The molecule has 0 spiro atoms. The van der Waals surface area contributed by atoms with Gasteiger partial charge in [0.25, 0.3) is 0 Å². The van der Waals surface area contributed by atoms with Gasteiger partial charge in [-0.25, -0.2) is 23.4 Å². The summed E-state index contributed by atoms with van der Waals surface area (Å²) in [5.74, 6) is 1.75. The molecule has 0 saturated heterocycles. The average molecular weight is 1150 g/mol. The molecule has 88 heavy (non-hydrogen) atoms. The highest BCUT2D eigenvalue weighted by Crippen LogP contribution is 2.50. The topological polar surface area (TPSA) is 116 Å². The van der Waals surface area contributed by atoms with E-state index in [9.17, 15) is 13.7 Å². The number of aryl methyl sites for hydroxylation is 1. The summed E-state index contributed by atoms with van der Waals surface area (Å²) in [5, 5.41) is 17.1. The average Bonchev–Trinajstić information content (AvgIpc) is 1.52.